The molecule has 3 rings (SSSR count). The van der Waals surface area contributed by atoms with Crippen molar-refractivity contribution in [3.8, 4) is 0 Å². The third-order valence-electron chi connectivity index (χ3n) is 4.28. The first-order valence-electron chi connectivity index (χ1n) is 8.69. The molecule has 0 radical (unpaired) electrons. The van der Waals surface area contributed by atoms with E-state index in [4.69, 9.17) is 4.74 Å². The Bertz CT molecular complexity index is 901. The van der Waals surface area contributed by atoms with Crippen LogP contribution in [0.25, 0.3) is 0 Å². The highest BCUT2D eigenvalue weighted by molar-refractivity contribution is 6.06. The van der Waals surface area contributed by atoms with Gasteiger partial charge in [0.15, 0.2) is 0 Å². The molecule has 9 heteroatoms. The number of non-ortho nitro benzene ring substituents is 1. The minimum atomic E-state index is -0.717. The number of hydrogen-bond acceptors (Lipinski definition) is 6. The predicted octanol–water partition coefficient (Wildman–Crippen LogP) is 2.94. The van der Waals surface area contributed by atoms with E-state index in [9.17, 15) is 19.7 Å². The fourth-order valence-corrected chi connectivity index (χ4v) is 2.68. The number of aromatic nitrogens is 2. The van der Waals surface area contributed by atoms with Gasteiger partial charge in [0, 0.05) is 29.8 Å². The van der Waals surface area contributed by atoms with Crippen LogP contribution in [0, 0.1) is 23.0 Å². The van der Waals surface area contributed by atoms with E-state index in [2.05, 4.69) is 10.4 Å². The molecular formula is C18H20N4O5. The van der Waals surface area contributed by atoms with Gasteiger partial charge in [-0.2, -0.15) is 5.10 Å². The van der Waals surface area contributed by atoms with Crippen LogP contribution >= 0.6 is 0 Å². The third-order valence-corrected chi connectivity index (χ3v) is 4.28. The SMILES string of the molecule is CCOC(=O)c1cc(C(=O)Nc2c(C)cnn2CC2CC2)cc([N+](=O)[O-])c1. The first-order valence-corrected chi connectivity index (χ1v) is 8.69. The molecule has 0 aliphatic heterocycles. The molecule has 0 unspecified atom stereocenters. The number of carbonyl (C=O) groups is 2. The van der Waals surface area contributed by atoms with Crippen LogP contribution in [0.1, 0.15) is 46.0 Å². The number of nitrogens with one attached hydrogen (secondary N) is 1. The second kappa shape index (κ2) is 7.56. The number of amides is 1. The van der Waals surface area contributed by atoms with Gasteiger partial charge in [-0.3, -0.25) is 14.9 Å². The molecule has 1 aliphatic carbocycles. The summed E-state index contributed by atoms with van der Waals surface area (Å²) in [6.45, 7) is 4.30. The summed E-state index contributed by atoms with van der Waals surface area (Å²) in [7, 11) is 0. The van der Waals surface area contributed by atoms with Gasteiger partial charge in [0.25, 0.3) is 11.6 Å². The molecule has 0 bridgehead atoms. The molecule has 9 nitrogen and oxygen atoms in total. The maximum Gasteiger partial charge on any atom is 0.338 e. The van der Waals surface area contributed by atoms with E-state index in [0.29, 0.717) is 18.3 Å². The molecule has 1 saturated carbocycles. The number of esters is 1. The maximum absolute atomic E-state index is 12.7. The quantitative estimate of drug-likeness (QED) is 0.454. The van der Waals surface area contributed by atoms with Crippen molar-refractivity contribution < 1.29 is 19.2 Å². The molecule has 0 saturated heterocycles. The summed E-state index contributed by atoms with van der Waals surface area (Å²) < 4.78 is 6.62. The Labute approximate surface area is 155 Å². The molecule has 0 spiro atoms. The molecule has 1 N–H and O–H groups in total. The van der Waals surface area contributed by atoms with Crippen LogP contribution in [0.5, 0.6) is 0 Å². The van der Waals surface area contributed by atoms with Gasteiger partial charge >= 0.3 is 5.97 Å². The van der Waals surface area contributed by atoms with Crippen LogP contribution < -0.4 is 5.32 Å². The lowest BCUT2D eigenvalue weighted by Crippen LogP contribution is -2.18. The van der Waals surface area contributed by atoms with Crippen LogP contribution in [0.2, 0.25) is 0 Å². The largest absolute Gasteiger partial charge is 0.462 e. The number of nitro groups is 1. The Hall–Kier alpha value is -3.23. The summed E-state index contributed by atoms with van der Waals surface area (Å²) in [5, 5.41) is 18.2. The highest BCUT2D eigenvalue weighted by atomic mass is 16.6. The average Bonchev–Trinajstić information content (AvgIpc) is 3.40. The zero-order valence-corrected chi connectivity index (χ0v) is 15.1. The highest BCUT2D eigenvalue weighted by Crippen LogP contribution is 2.32. The number of carbonyl (C=O) groups excluding carboxylic acids is 2. The summed E-state index contributed by atoms with van der Waals surface area (Å²) in [5.74, 6) is -0.153. The number of nitro benzene ring substituents is 1. The van der Waals surface area contributed by atoms with E-state index in [-0.39, 0.29) is 23.4 Å². The van der Waals surface area contributed by atoms with Crippen LogP contribution in [0.4, 0.5) is 11.5 Å². The van der Waals surface area contributed by atoms with Gasteiger partial charge in [-0.1, -0.05) is 0 Å². The Morgan fingerprint density at radius 2 is 2.04 bits per heavy atom. The predicted molar refractivity (Wildman–Crippen MR) is 96.7 cm³/mol. The summed E-state index contributed by atoms with van der Waals surface area (Å²) >= 11 is 0. The van der Waals surface area contributed by atoms with Crippen molar-refractivity contribution in [1.29, 1.82) is 0 Å². The van der Waals surface area contributed by atoms with Crippen LogP contribution in [-0.2, 0) is 11.3 Å². The number of benzene rings is 1. The fourth-order valence-electron chi connectivity index (χ4n) is 2.68. The van der Waals surface area contributed by atoms with Gasteiger partial charge in [-0.05, 0) is 38.7 Å². The second-order valence-corrected chi connectivity index (χ2v) is 6.50. The molecule has 1 amide bonds. The number of nitrogens with zero attached hydrogens (tertiary/aromatic N) is 3. The van der Waals surface area contributed by atoms with Gasteiger partial charge < -0.3 is 10.1 Å². The summed E-state index contributed by atoms with van der Waals surface area (Å²) in [4.78, 5) is 35.2. The van der Waals surface area contributed by atoms with Crippen LogP contribution in [-0.4, -0.2) is 33.2 Å². The van der Waals surface area contributed by atoms with Crippen molar-refractivity contribution in [2.45, 2.75) is 33.2 Å². The molecule has 1 fully saturated rings. The molecule has 142 valence electrons. The lowest BCUT2D eigenvalue weighted by atomic mass is 10.1. The molecule has 0 atom stereocenters. The number of aryl methyl sites for hydroxylation is 1. The van der Waals surface area contributed by atoms with Crippen molar-refractivity contribution >= 4 is 23.4 Å². The van der Waals surface area contributed by atoms with E-state index in [0.717, 1.165) is 30.5 Å². The third kappa shape index (κ3) is 4.30. The Morgan fingerprint density at radius 3 is 2.67 bits per heavy atom. The monoisotopic (exact) mass is 372 g/mol. The Morgan fingerprint density at radius 1 is 1.33 bits per heavy atom. The summed E-state index contributed by atoms with van der Waals surface area (Å²) in [6, 6.07) is 3.52. The van der Waals surface area contributed by atoms with Crippen LogP contribution in [0.15, 0.2) is 24.4 Å². The number of anilines is 1. The van der Waals surface area contributed by atoms with Crippen LogP contribution in [0.3, 0.4) is 0 Å². The molecule has 1 aromatic heterocycles. The maximum atomic E-state index is 12.7. The average molecular weight is 372 g/mol. The first kappa shape index (κ1) is 18.6. The number of rotatable bonds is 7. The topological polar surface area (TPSA) is 116 Å². The van der Waals surface area contributed by atoms with E-state index >= 15 is 0 Å². The fraction of sp³-hybridized carbons (Fsp3) is 0.389. The van der Waals surface area contributed by atoms with Crippen molar-refractivity contribution in [3.05, 3.63) is 51.2 Å². The zero-order chi connectivity index (χ0) is 19.6. The summed E-state index contributed by atoms with van der Waals surface area (Å²) in [5.41, 5.74) is 0.402. The van der Waals surface area contributed by atoms with Gasteiger partial charge in [-0.25, -0.2) is 9.48 Å². The minimum absolute atomic E-state index is 0.00539. The van der Waals surface area contributed by atoms with E-state index in [1.807, 2.05) is 6.92 Å². The van der Waals surface area contributed by atoms with Crippen molar-refractivity contribution in [2.75, 3.05) is 11.9 Å². The molecule has 1 aromatic carbocycles. The van der Waals surface area contributed by atoms with Gasteiger partial charge in [0.2, 0.25) is 0 Å². The molecule has 1 aliphatic rings. The smallest absolute Gasteiger partial charge is 0.338 e. The molecule has 1 heterocycles. The normalized spacial score (nSPS) is 13.3. The van der Waals surface area contributed by atoms with Gasteiger partial charge in [0.05, 0.1) is 23.3 Å². The highest BCUT2D eigenvalue weighted by Gasteiger charge is 2.25. The standard InChI is InChI=1S/C18H20N4O5/c1-3-27-18(24)14-6-13(7-15(8-14)22(25)26)17(23)20-16-11(2)9-19-21(16)10-12-4-5-12/h6-9,12H,3-5,10H2,1-2H3,(H,20,23). The second-order valence-electron chi connectivity index (χ2n) is 6.50. The Kier molecular flexibility index (Phi) is 5.20. The van der Waals surface area contributed by atoms with Crippen molar-refractivity contribution in [3.63, 3.8) is 0 Å². The number of ether oxygens (including phenoxy) is 1. The van der Waals surface area contributed by atoms with E-state index in [1.54, 1.807) is 17.8 Å². The first-order chi connectivity index (χ1) is 12.9. The van der Waals surface area contributed by atoms with Crippen molar-refractivity contribution in [1.82, 2.24) is 9.78 Å². The Balaban J connectivity index is 1.88. The molecule has 2 aromatic rings. The minimum Gasteiger partial charge on any atom is -0.462 e. The molecular weight excluding hydrogens is 352 g/mol. The lowest BCUT2D eigenvalue weighted by molar-refractivity contribution is -0.384. The van der Waals surface area contributed by atoms with E-state index < -0.39 is 16.8 Å². The number of hydrogen-bond donors (Lipinski definition) is 1. The van der Waals surface area contributed by atoms with E-state index in [1.165, 1.54) is 6.07 Å². The van der Waals surface area contributed by atoms with Crippen molar-refractivity contribution in [2.24, 2.45) is 5.92 Å². The zero-order valence-electron chi connectivity index (χ0n) is 15.1. The molecule has 27 heavy (non-hydrogen) atoms. The van der Waals surface area contributed by atoms with Gasteiger partial charge in [-0.15, -0.1) is 0 Å². The summed E-state index contributed by atoms with van der Waals surface area (Å²) in [6.07, 6.45) is 3.94. The van der Waals surface area contributed by atoms with Gasteiger partial charge in [0.1, 0.15) is 5.82 Å². The lowest BCUT2D eigenvalue weighted by Gasteiger charge is -2.11.